The first-order valence-corrected chi connectivity index (χ1v) is 10.6. The number of aromatic amines is 1. The average molecular weight is 473 g/mol. The maximum Gasteiger partial charge on any atom is 0.267 e. The highest BCUT2D eigenvalue weighted by molar-refractivity contribution is 7.92. The lowest BCUT2D eigenvalue weighted by molar-refractivity contribution is 0.103. The highest BCUT2D eigenvalue weighted by atomic mass is 35.5. The van der Waals surface area contributed by atoms with Crippen molar-refractivity contribution in [3.05, 3.63) is 85.0 Å². The summed E-state index contributed by atoms with van der Waals surface area (Å²) in [4.78, 5) is 30.8. The molecule has 0 aliphatic heterocycles. The van der Waals surface area contributed by atoms with Gasteiger partial charge in [0.05, 0.1) is 15.6 Å². The van der Waals surface area contributed by atoms with Crippen LogP contribution in [-0.4, -0.2) is 24.2 Å². The van der Waals surface area contributed by atoms with Gasteiger partial charge in [-0.3, -0.25) is 14.3 Å². The fraction of sp³-hybridized carbons (Fsp3) is 0.0556. The molecule has 0 bridgehead atoms. The Kier molecular flexibility index (Phi) is 6.00. The van der Waals surface area contributed by atoms with E-state index in [1.807, 2.05) is 0 Å². The summed E-state index contributed by atoms with van der Waals surface area (Å²) < 4.78 is 27.9. The smallest absolute Gasteiger partial charge is 0.267 e. The Morgan fingerprint density at radius 3 is 2.55 bits per heavy atom. The van der Waals surface area contributed by atoms with Crippen LogP contribution in [0.15, 0.2) is 52.4 Å². The largest absolute Gasteiger partial charge is 0.328 e. The Bertz CT molecular complexity index is 1290. The molecule has 0 atom stereocenters. The molecule has 0 radical (unpaired) electrons. The molecule has 0 aliphatic rings. The predicted molar refractivity (Wildman–Crippen MR) is 112 cm³/mol. The second-order valence-electron chi connectivity index (χ2n) is 5.93. The van der Waals surface area contributed by atoms with E-state index in [0.29, 0.717) is 10.6 Å². The lowest BCUT2D eigenvalue weighted by Crippen LogP contribution is -2.18. The maximum atomic E-state index is 12.9. The Balaban J connectivity index is 2.07. The van der Waals surface area contributed by atoms with Crippen molar-refractivity contribution in [1.82, 2.24) is 9.97 Å². The SMILES string of the molecule is Cc1cc(S(=O)(=O)Nc2cc(Cl)cnc2C(=O)c2cc[nH]c(=O)c2Cl)ccc1Cl. The van der Waals surface area contributed by atoms with E-state index >= 15 is 0 Å². The van der Waals surface area contributed by atoms with Gasteiger partial charge in [0.15, 0.2) is 0 Å². The fourth-order valence-corrected chi connectivity index (χ4v) is 4.07. The normalized spacial score (nSPS) is 11.3. The molecular weight excluding hydrogens is 461 g/mol. The van der Waals surface area contributed by atoms with Gasteiger partial charge in [0.2, 0.25) is 5.78 Å². The molecule has 0 fully saturated rings. The summed E-state index contributed by atoms with van der Waals surface area (Å²) in [5, 5.41) is 0.174. The molecule has 11 heteroatoms. The first-order valence-electron chi connectivity index (χ1n) is 7.96. The number of H-pyrrole nitrogens is 1. The van der Waals surface area contributed by atoms with Crippen molar-refractivity contribution in [2.24, 2.45) is 0 Å². The maximum absolute atomic E-state index is 12.9. The summed E-state index contributed by atoms with van der Waals surface area (Å²) in [5.41, 5.74) is -0.661. The molecule has 3 rings (SSSR count). The lowest BCUT2D eigenvalue weighted by atomic mass is 10.1. The Hall–Kier alpha value is -2.39. The van der Waals surface area contributed by atoms with Crippen molar-refractivity contribution in [3.63, 3.8) is 0 Å². The number of carbonyl (C=O) groups is 1. The number of sulfonamides is 1. The van der Waals surface area contributed by atoms with Crippen molar-refractivity contribution >= 4 is 56.3 Å². The van der Waals surface area contributed by atoms with E-state index in [1.54, 1.807) is 6.92 Å². The average Bonchev–Trinajstić information content (AvgIpc) is 2.65. The molecule has 0 unspecified atom stereocenters. The van der Waals surface area contributed by atoms with E-state index < -0.39 is 21.4 Å². The minimum absolute atomic E-state index is 0.0630. The van der Waals surface area contributed by atoms with Crippen LogP contribution in [0.25, 0.3) is 0 Å². The third kappa shape index (κ3) is 4.45. The van der Waals surface area contributed by atoms with E-state index in [0.717, 1.165) is 0 Å². The van der Waals surface area contributed by atoms with Gasteiger partial charge >= 0.3 is 0 Å². The first-order chi connectivity index (χ1) is 13.6. The number of hydrogen-bond acceptors (Lipinski definition) is 5. The molecule has 0 saturated carbocycles. The molecule has 2 aromatic heterocycles. The summed E-state index contributed by atoms with van der Waals surface area (Å²) in [6.45, 7) is 1.66. The van der Waals surface area contributed by atoms with E-state index in [2.05, 4.69) is 14.7 Å². The molecule has 0 aliphatic carbocycles. The van der Waals surface area contributed by atoms with Crippen LogP contribution >= 0.6 is 34.8 Å². The Labute approximate surface area is 180 Å². The van der Waals surface area contributed by atoms with Gasteiger partial charge in [0.1, 0.15) is 10.7 Å². The quantitative estimate of drug-likeness (QED) is 0.544. The van der Waals surface area contributed by atoms with Crippen molar-refractivity contribution in [2.45, 2.75) is 11.8 Å². The summed E-state index contributed by atoms with van der Waals surface area (Å²) in [6.07, 6.45) is 2.43. The third-order valence-electron chi connectivity index (χ3n) is 3.90. The van der Waals surface area contributed by atoms with Crippen LogP contribution in [0.3, 0.4) is 0 Å². The van der Waals surface area contributed by atoms with Crippen LogP contribution < -0.4 is 10.3 Å². The summed E-state index contributed by atoms with van der Waals surface area (Å²) in [7, 11) is -4.09. The number of pyridine rings is 2. The molecule has 7 nitrogen and oxygen atoms in total. The zero-order valence-corrected chi connectivity index (χ0v) is 17.7. The van der Waals surface area contributed by atoms with Crippen LogP contribution in [0.1, 0.15) is 21.6 Å². The van der Waals surface area contributed by atoms with Gasteiger partial charge in [0, 0.05) is 23.0 Å². The van der Waals surface area contributed by atoms with E-state index in [9.17, 15) is 18.0 Å². The number of hydrogen-bond donors (Lipinski definition) is 2. The lowest BCUT2D eigenvalue weighted by Gasteiger charge is -2.13. The van der Waals surface area contributed by atoms with Gasteiger partial charge < -0.3 is 4.98 Å². The van der Waals surface area contributed by atoms with Gasteiger partial charge in [0.25, 0.3) is 15.6 Å². The number of aryl methyl sites for hydroxylation is 1. The number of carbonyl (C=O) groups excluding carboxylic acids is 1. The number of aromatic nitrogens is 2. The Morgan fingerprint density at radius 2 is 1.86 bits per heavy atom. The first kappa shape index (κ1) is 21.3. The molecule has 1 aromatic carbocycles. The van der Waals surface area contributed by atoms with Crippen molar-refractivity contribution in [2.75, 3.05) is 4.72 Å². The molecule has 0 spiro atoms. The standard InChI is InChI=1S/C18H12Cl3N3O4S/c1-9-6-11(2-3-13(9)20)29(27,28)24-14-7-10(19)8-23-16(14)17(25)12-4-5-22-18(26)15(12)21/h2-8,24H,1H3,(H,22,26). The van der Waals surface area contributed by atoms with Crippen LogP contribution in [0.2, 0.25) is 15.1 Å². The summed E-state index contributed by atoms with van der Waals surface area (Å²) >= 11 is 17.8. The number of halogens is 3. The monoisotopic (exact) mass is 471 g/mol. The van der Waals surface area contributed by atoms with E-state index in [-0.39, 0.29) is 31.9 Å². The van der Waals surface area contributed by atoms with Gasteiger partial charge in [-0.15, -0.1) is 0 Å². The van der Waals surface area contributed by atoms with E-state index in [4.69, 9.17) is 34.8 Å². The third-order valence-corrected chi connectivity index (χ3v) is 6.27. The number of anilines is 1. The van der Waals surface area contributed by atoms with Crippen molar-refractivity contribution in [1.29, 1.82) is 0 Å². The topological polar surface area (TPSA) is 109 Å². The molecule has 0 saturated heterocycles. The van der Waals surface area contributed by atoms with E-state index in [1.165, 1.54) is 42.7 Å². The van der Waals surface area contributed by atoms with Gasteiger partial charge in [-0.25, -0.2) is 13.4 Å². The molecule has 0 amide bonds. The van der Waals surface area contributed by atoms with Crippen LogP contribution in [0, 0.1) is 6.92 Å². The predicted octanol–water partition coefficient (Wildman–Crippen LogP) is 4.07. The van der Waals surface area contributed by atoms with Crippen LogP contribution in [-0.2, 0) is 10.0 Å². The van der Waals surface area contributed by atoms with Crippen LogP contribution in [0.4, 0.5) is 5.69 Å². The van der Waals surface area contributed by atoms with Crippen molar-refractivity contribution < 1.29 is 13.2 Å². The number of rotatable bonds is 5. The van der Waals surface area contributed by atoms with Gasteiger partial charge in [-0.2, -0.15) is 0 Å². The number of ketones is 1. The summed E-state index contributed by atoms with van der Waals surface area (Å²) in [5.74, 6) is -0.747. The number of nitrogens with one attached hydrogen (secondary N) is 2. The molecule has 2 heterocycles. The van der Waals surface area contributed by atoms with Gasteiger partial charge in [-0.1, -0.05) is 34.8 Å². The fourth-order valence-electron chi connectivity index (χ4n) is 2.45. The van der Waals surface area contributed by atoms with Crippen molar-refractivity contribution in [3.8, 4) is 0 Å². The molecule has 29 heavy (non-hydrogen) atoms. The number of benzene rings is 1. The zero-order chi connectivity index (χ0) is 21.3. The van der Waals surface area contributed by atoms with Gasteiger partial charge in [-0.05, 0) is 42.8 Å². The molecule has 2 N–H and O–H groups in total. The van der Waals surface area contributed by atoms with Crippen LogP contribution in [0.5, 0.6) is 0 Å². The Morgan fingerprint density at radius 1 is 1.14 bits per heavy atom. The number of nitrogens with zero attached hydrogens (tertiary/aromatic N) is 1. The molecule has 150 valence electrons. The second kappa shape index (κ2) is 8.16. The summed E-state index contributed by atoms with van der Waals surface area (Å²) in [6, 6.07) is 6.69. The second-order valence-corrected chi connectivity index (χ2v) is 8.83. The molecular formula is C18H12Cl3N3O4S. The minimum Gasteiger partial charge on any atom is -0.328 e. The highest BCUT2D eigenvalue weighted by Gasteiger charge is 2.23. The highest BCUT2D eigenvalue weighted by Crippen LogP contribution is 2.27. The zero-order valence-electron chi connectivity index (χ0n) is 14.7. The molecule has 3 aromatic rings. The minimum atomic E-state index is -4.09.